The Hall–Kier alpha value is -4.40. The van der Waals surface area contributed by atoms with Crippen LogP contribution in [0.1, 0.15) is 83.4 Å². The predicted octanol–water partition coefficient (Wildman–Crippen LogP) is 3.36. The standard InChI is InChI=1S/C37H49N5O9S/c1-7-24-17-37(24,32(45)40-52(48,49)26-13-14-26)39-30(43)28-16-25-19-42(28)31(44)29(35(2,3)4)38-33(46)50-21-36(5,6)15-9-12-22-10-8-11-23-18-41(20-27(22)23)34(47)51-25/h7-12,24-26,28-29H,1,13-21H2,2-6H3,(H,38,46)(H,39,43)(H,40,45)/t24-,25-,28+,29-,37-/m1/s1. The lowest BCUT2D eigenvalue weighted by atomic mass is 9.85. The first-order chi connectivity index (χ1) is 24.3. The summed E-state index contributed by atoms with van der Waals surface area (Å²) in [6.07, 6.45) is 4.70. The molecule has 1 saturated heterocycles. The number of alkyl carbamates (subject to hydrolysis) is 1. The second kappa shape index (κ2) is 13.5. The van der Waals surface area contributed by atoms with Crippen LogP contribution in [0.3, 0.4) is 0 Å². The summed E-state index contributed by atoms with van der Waals surface area (Å²) in [5, 5.41) is 4.80. The Bertz CT molecular complexity index is 1810. The third-order valence-corrected chi connectivity index (χ3v) is 12.4. The van der Waals surface area contributed by atoms with Gasteiger partial charge in [0.25, 0.3) is 5.91 Å². The molecular weight excluding hydrogens is 691 g/mol. The molecule has 15 heteroatoms. The van der Waals surface area contributed by atoms with Crippen LogP contribution in [0.5, 0.6) is 0 Å². The van der Waals surface area contributed by atoms with Crippen LogP contribution in [0.2, 0.25) is 0 Å². The maximum atomic E-state index is 14.4. The molecule has 1 aromatic carbocycles. The van der Waals surface area contributed by atoms with Gasteiger partial charge in [0.2, 0.25) is 21.8 Å². The van der Waals surface area contributed by atoms with Crippen molar-refractivity contribution in [2.45, 2.75) is 109 Å². The first-order valence-electron chi connectivity index (χ1n) is 17.8. The molecule has 3 fully saturated rings. The number of carbonyl (C=O) groups excluding carboxylic acids is 5. The van der Waals surface area contributed by atoms with Crippen LogP contribution in [0.4, 0.5) is 9.59 Å². The molecule has 1 aromatic rings. The van der Waals surface area contributed by atoms with E-state index in [0.717, 1.165) is 16.7 Å². The van der Waals surface area contributed by atoms with E-state index in [1.165, 1.54) is 11.0 Å². The average molecular weight is 740 g/mol. The van der Waals surface area contributed by atoms with Gasteiger partial charge >= 0.3 is 12.2 Å². The number of hydrogen-bond acceptors (Lipinski definition) is 9. The van der Waals surface area contributed by atoms with Crippen LogP contribution >= 0.6 is 0 Å². The monoisotopic (exact) mass is 739 g/mol. The molecule has 3 heterocycles. The average Bonchev–Trinajstić information content (AvgIpc) is 3.95. The molecule has 0 spiro atoms. The molecule has 52 heavy (non-hydrogen) atoms. The summed E-state index contributed by atoms with van der Waals surface area (Å²) in [5.41, 5.74) is 0.0656. The van der Waals surface area contributed by atoms with Gasteiger partial charge in [-0.2, -0.15) is 0 Å². The van der Waals surface area contributed by atoms with Gasteiger partial charge in [0.05, 0.1) is 24.9 Å². The largest absolute Gasteiger partial charge is 0.449 e. The Labute approximate surface area is 304 Å². The molecule has 5 aliphatic rings. The predicted molar refractivity (Wildman–Crippen MR) is 190 cm³/mol. The summed E-state index contributed by atoms with van der Waals surface area (Å²) in [7, 11) is -3.91. The molecule has 14 nitrogen and oxygen atoms in total. The molecule has 282 valence electrons. The molecule has 5 amide bonds. The fourth-order valence-corrected chi connectivity index (χ4v) is 8.51. The molecule has 6 rings (SSSR count). The van der Waals surface area contributed by atoms with E-state index >= 15 is 0 Å². The van der Waals surface area contributed by atoms with E-state index in [1.807, 2.05) is 44.2 Å². The highest BCUT2D eigenvalue weighted by Gasteiger charge is 2.62. The smallest absolute Gasteiger partial charge is 0.410 e. The van der Waals surface area contributed by atoms with E-state index in [9.17, 15) is 32.4 Å². The Morgan fingerprint density at radius 2 is 1.85 bits per heavy atom. The molecule has 0 aromatic heterocycles. The Kier molecular flexibility index (Phi) is 9.73. The molecule has 5 atom stereocenters. The van der Waals surface area contributed by atoms with Crippen LogP contribution in [0, 0.1) is 16.7 Å². The number of nitrogens with zero attached hydrogens (tertiary/aromatic N) is 2. The number of rotatable bonds is 6. The Morgan fingerprint density at radius 3 is 2.50 bits per heavy atom. The third kappa shape index (κ3) is 7.69. The van der Waals surface area contributed by atoms with E-state index in [0.29, 0.717) is 32.4 Å². The molecule has 4 bridgehead atoms. The van der Waals surface area contributed by atoms with Crippen LogP contribution < -0.4 is 15.4 Å². The first-order valence-corrected chi connectivity index (χ1v) is 19.4. The number of fused-ring (bicyclic) bond motifs is 3. The maximum Gasteiger partial charge on any atom is 0.410 e. The van der Waals surface area contributed by atoms with E-state index in [4.69, 9.17) is 9.47 Å². The Morgan fingerprint density at radius 1 is 1.12 bits per heavy atom. The first kappa shape index (κ1) is 37.4. The van der Waals surface area contributed by atoms with Crippen molar-refractivity contribution in [3.63, 3.8) is 0 Å². The molecule has 0 unspecified atom stereocenters. The minimum Gasteiger partial charge on any atom is -0.449 e. The van der Waals surface area contributed by atoms with Gasteiger partial charge in [0, 0.05) is 24.3 Å². The van der Waals surface area contributed by atoms with Crippen molar-refractivity contribution >= 4 is 46.0 Å². The topological polar surface area (TPSA) is 181 Å². The molecule has 2 saturated carbocycles. The van der Waals surface area contributed by atoms with Crippen molar-refractivity contribution in [2.75, 3.05) is 13.2 Å². The molecule has 3 aliphatic heterocycles. The van der Waals surface area contributed by atoms with Crippen molar-refractivity contribution in [1.82, 2.24) is 25.2 Å². The third-order valence-electron chi connectivity index (χ3n) is 10.6. The summed E-state index contributed by atoms with van der Waals surface area (Å²) >= 11 is 0. The summed E-state index contributed by atoms with van der Waals surface area (Å²) in [6.45, 7) is 13.5. The van der Waals surface area contributed by atoms with Gasteiger partial charge in [-0.25, -0.2) is 18.0 Å². The van der Waals surface area contributed by atoms with Gasteiger partial charge < -0.3 is 25.0 Å². The zero-order chi connectivity index (χ0) is 37.8. The Balaban J connectivity index is 1.30. The summed E-state index contributed by atoms with van der Waals surface area (Å²) in [4.78, 5) is 71.7. The minimum atomic E-state index is -3.91. The number of benzene rings is 1. The van der Waals surface area contributed by atoms with Crippen molar-refractivity contribution in [3.8, 4) is 0 Å². The van der Waals surface area contributed by atoms with Crippen molar-refractivity contribution in [2.24, 2.45) is 16.7 Å². The van der Waals surface area contributed by atoms with Gasteiger partial charge in [-0.1, -0.05) is 71.0 Å². The van der Waals surface area contributed by atoms with Crippen LogP contribution in [0.15, 0.2) is 36.9 Å². The second-order valence-electron chi connectivity index (χ2n) is 16.6. The van der Waals surface area contributed by atoms with Crippen molar-refractivity contribution in [1.29, 1.82) is 0 Å². The van der Waals surface area contributed by atoms with Crippen molar-refractivity contribution in [3.05, 3.63) is 53.6 Å². The normalized spacial score (nSPS) is 29.1. The van der Waals surface area contributed by atoms with Crippen LogP contribution in [0.25, 0.3) is 6.08 Å². The number of allylic oxidation sites excluding steroid dienone is 1. The van der Waals surface area contributed by atoms with Gasteiger partial charge in [-0.05, 0) is 47.8 Å². The van der Waals surface area contributed by atoms with Gasteiger partial charge in [-0.15, -0.1) is 6.58 Å². The lowest BCUT2D eigenvalue weighted by Crippen LogP contribution is -2.60. The fourth-order valence-electron chi connectivity index (χ4n) is 7.14. The van der Waals surface area contributed by atoms with E-state index < -0.39 is 85.7 Å². The molecule has 2 aliphatic carbocycles. The number of sulfonamides is 1. The highest BCUT2D eigenvalue weighted by Crippen LogP contribution is 2.45. The fraction of sp³-hybridized carbons (Fsp3) is 0.595. The van der Waals surface area contributed by atoms with E-state index in [1.54, 1.807) is 25.7 Å². The lowest BCUT2D eigenvalue weighted by molar-refractivity contribution is -0.143. The zero-order valence-electron chi connectivity index (χ0n) is 30.4. The summed E-state index contributed by atoms with van der Waals surface area (Å²) < 4.78 is 39.0. The van der Waals surface area contributed by atoms with Crippen LogP contribution in [-0.2, 0) is 47.0 Å². The maximum absolute atomic E-state index is 14.4. The highest BCUT2D eigenvalue weighted by molar-refractivity contribution is 7.91. The minimum absolute atomic E-state index is 0.0686. The summed E-state index contributed by atoms with van der Waals surface area (Å²) in [6, 6.07) is 3.49. The number of nitrogens with one attached hydrogen (secondary N) is 3. The zero-order valence-corrected chi connectivity index (χ0v) is 31.2. The number of cyclic esters (lactones) is 1. The highest BCUT2D eigenvalue weighted by atomic mass is 32.2. The number of ether oxygens (including phenoxy) is 2. The van der Waals surface area contributed by atoms with Crippen LogP contribution in [-0.4, -0.2) is 90.3 Å². The van der Waals surface area contributed by atoms with Gasteiger partial charge in [-0.3, -0.25) is 24.0 Å². The lowest BCUT2D eigenvalue weighted by Gasteiger charge is -2.35. The van der Waals surface area contributed by atoms with Gasteiger partial charge in [0.15, 0.2) is 0 Å². The second-order valence-corrected chi connectivity index (χ2v) is 18.5. The van der Waals surface area contributed by atoms with Crippen molar-refractivity contribution < 1.29 is 41.9 Å². The molecular formula is C37H49N5O9S. The summed E-state index contributed by atoms with van der Waals surface area (Å²) in [5.74, 6) is -2.74. The molecule has 0 radical (unpaired) electrons. The van der Waals surface area contributed by atoms with E-state index in [-0.39, 0.29) is 26.0 Å². The molecule has 3 N–H and O–H groups in total. The van der Waals surface area contributed by atoms with E-state index in [2.05, 4.69) is 21.9 Å². The number of hydrogen-bond donors (Lipinski definition) is 3. The SMILES string of the molecule is C=C[C@@H]1C[C@]1(NC(=O)[C@@H]1C[C@@H]2CN1C(=O)[C@H](C(C)(C)C)NC(=O)OCC(C)(C)CC=Cc1cccc3c1CN(C3)C(=O)O2)C(=O)NS(=O)(=O)C1CC1. The van der Waals surface area contributed by atoms with Gasteiger partial charge in [0.1, 0.15) is 23.7 Å². The number of carbonyl (C=O) groups is 5. The quantitative estimate of drug-likeness (QED) is 0.369. The number of amides is 5.